The molecule has 6 heteroatoms. The Morgan fingerprint density at radius 3 is 2.74 bits per heavy atom. The van der Waals surface area contributed by atoms with Crippen molar-refractivity contribution in [1.82, 2.24) is 5.32 Å². The van der Waals surface area contributed by atoms with Crippen LogP contribution in [-0.2, 0) is 0 Å². The Balaban J connectivity index is 1.88. The molecule has 1 aromatic carbocycles. The highest BCUT2D eigenvalue weighted by molar-refractivity contribution is 5.50. The molecule has 0 aliphatic carbocycles. The van der Waals surface area contributed by atoms with E-state index >= 15 is 0 Å². The van der Waals surface area contributed by atoms with Crippen molar-refractivity contribution >= 4 is 0 Å². The molecule has 0 spiro atoms. The van der Waals surface area contributed by atoms with Gasteiger partial charge < -0.3 is 20.5 Å². The molecule has 19 heavy (non-hydrogen) atoms. The first-order valence-corrected chi connectivity index (χ1v) is 6.42. The van der Waals surface area contributed by atoms with E-state index in [-0.39, 0.29) is 23.5 Å². The maximum Gasteiger partial charge on any atom is 0.586 e. The van der Waals surface area contributed by atoms with E-state index in [0.717, 1.165) is 25.9 Å². The first-order chi connectivity index (χ1) is 9.07. The maximum absolute atomic E-state index is 13.1. The third-order valence-corrected chi connectivity index (χ3v) is 3.71. The molecule has 1 aromatic rings. The monoisotopic (exact) mass is 270 g/mol. The lowest BCUT2D eigenvalue weighted by molar-refractivity contribution is -0.287. The van der Waals surface area contributed by atoms with Crippen LogP contribution >= 0.6 is 0 Å². The predicted molar refractivity (Wildman–Crippen MR) is 65.2 cm³/mol. The average molecular weight is 270 g/mol. The van der Waals surface area contributed by atoms with Gasteiger partial charge in [0.25, 0.3) is 0 Å². The van der Waals surface area contributed by atoms with Crippen molar-refractivity contribution in [3.05, 3.63) is 23.8 Å². The number of nitrogens with two attached hydrogens (primary N) is 1. The van der Waals surface area contributed by atoms with Crippen molar-refractivity contribution in [2.75, 3.05) is 13.1 Å². The van der Waals surface area contributed by atoms with Crippen LogP contribution < -0.4 is 20.5 Å². The van der Waals surface area contributed by atoms with Gasteiger partial charge in [-0.2, -0.15) is 0 Å². The van der Waals surface area contributed by atoms with Crippen LogP contribution in [0.5, 0.6) is 11.5 Å². The molecule has 0 aromatic heterocycles. The minimum Gasteiger partial charge on any atom is -0.395 e. The molecule has 0 radical (unpaired) electrons. The molecule has 2 aliphatic rings. The van der Waals surface area contributed by atoms with Crippen LogP contribution in [0.1, 0.15) is 24.4 Å². The van der Waals surface area contributed by atoms with Crippen molar-refractivity contribution in [3.8, 4) is 11.5 Å². The average Bonchev–Trinajstić information content (AvgIpc) is 2.72. The summed E-state index contributed by atoms with van der Waals surface area (Å²) in [4.78, 5) is 0. The Kier molecular flexibility index (Phi) is 3.06. The normalized spacial score (nSPS) is 23.3. The molecule has 1 saturated heterocycles. The number of piperidine rings is 1. The number of halogens is 2. The quantitative estimate of drug-likeness (QED) is 0.863. The van der Waals surface area contributed by atoms with Gasteiger partial charge in [-0.3, -0.25) is 0 Å². The first kappa shape index (κ1) is 12.6. The Hall–Kier alpha value is -1.40. The number of para-hydroxylation sites is 1. The van der Waals surface area contributed by atoms with Gasteiger partial charge in [-0.05, 0) is 37.9 Å². The fourth-order valence-corrected chi connectivity index (χ4v) is 2.71. The van der Waals surface area contributed by atoms with Crippen LogP contribution in [0.3, 0.4) is 0 Å². The maximum atomic E-state index is 13.1. The van der Waals surface area contributed by atoms with Crippen LogP contribution in [0.2, 0.25) is 0 Å². The van der Waals surface area contributed by atoms with Crippen molar-refractivity contribution in [1.29, 1.82) is 0 Å². The number of ether oxygens (including phenoxy) is 2. The summed E-state index contributed by atoms with van der Waals surface area (Å²) >= 11 is 0. The van der Waals surface area contributed by atoms with Crippen LogP contribution in [0, 0.1) is 5.92 Å². The molecule has 3 rings (SSSR count). The predicted octanol–water partition coefficient (Wildman–Crippen LogP) is 2.01. The highest BCUT2D eigenvalue weighted by Gasteiger charge is 2.45. The van der Waals surface area contributed by atoms with Gasteiger partial charge in [0.05, 0.1) is 0 Å². The molecular formula is C13H16F2N2O2. The Labute approximate surface area is 109 Å². The number of benzene rings is 1. The molecule has 104 valence electrons. The Bertz CT molecular complexity index is 476. The molecular weight excluding hydrogens is 254 g/mol. The highest BCUT2D eigenvalue weighted by Crippen LogP contribution is 2.46. The van der Waals surface area contributed by atoms with Gasteiger partial charge >= 0.3 is 6.29 Å². The van der Waals surface area contributed by atoms with Gasteiger partial charge in [0.15, 0.2) is 11.5 Å². The SMILES string of the molecule is N[C@@H](c1cccc2c1OC(F)(F)O2)C1CCNCC1. The molecule has 0 amide bonds. The smallest absolute Gasteiger partial charge is 0.395 e. The van der Waals surface area contributed by atoms with Crippen LogP contribution in [0.25, 0.3) is 0 Å². The lowest BCUT2D eigenvalue weighted by Crippen LogP contribution is -2.34. The second-order valence-electron chi connectivity index (χ2n) is 4.96. The van der Waals surface area contributed by atoms with E-state index in [1.54, 1.807) is 12.1 Å². The number of rotatable bonds is 2. The Morgan fingerprint density at radius 2 is 2.00 bits per heavy atom. The molecule has 2 aliphatic heterocycles. The summed E-state index contributed by atoms with van der Waals surface area (Å²) in [6.45, 7) is 1.81. The van der Waals surface area contributed by atoms with Crippen LogP contribution in [0.4, 0.5) is 8.78 Å². The van der Waals surface area contributed by atoms with Gasteiger partial charge in [0.1, 0.15) is 0 Å². The molecule has 0 saturated carbocycles. The minimum absolute atomic E-state index is 0.0619. The fourth-order valence-electron chi connectivity index (χ4n) is 2.71. The fraction of sp³-hybridized carbons (Fsp3) is 0.538. The number of fused-ring (bicyclic) bond motifs is 1. The standard InChI is InChI=1S/C13H16F2N2O2/c14-13(15)18-10-3-1-2-9(12(10)19-13)11(16)8-4-6-17-7-5-8/h1-3,8,11,17H,4-7,16H2/t11-/m1/s1. The summed E-state index contributed by atoms with van der Waals surface area (Å²) in [5.74, 6) is 0.413. The zero-order valence-electron chi connectivity index (χ0n) is 10.4. The number of nitrogens with one attached hydrogen (secondary N) is 1. The van der Waals surface area contributed by atoms with Crippen LogP contribution in [0.15, 0.2) is 18.2 Å². The van der Waals surface area contributed by atoms with Crippen molar-refractivity contribution in [3.63, 3.8) is 0 Å². The highest BCUT2D eigenvalue weighted by atomic mass is 19.3. The molecule has 2 heterocycles. The first-order valence-electron chi connectivity index (χ1n) is 6.42. The van der Waals surface area contributed by atoms with E-state index in [2.05, 4.69) is 14.8 Å². The van der Waals surface area contributed by atoms with Gasteiger partial charge in [-0.1, -0.05) is 12.1 Å². The van der Waals surface area contributed by atoms with Gasteiger partial charge in [-0.25, -0.2) is 0 Å². The molecule has 1 fully saturated rings. The zero-order chi connectivity index (χ0) is 13.5. The molecule has 0 unspecified atom stereocenters. The van der Waals surface area contributed by atoms with Gasteiger partial charge in [0, 0.05) is 11.6 Å². The topological polar surface area (TPSA) is 56.5 Å². The Morgan fingerprint density at radius 1 is 1.26 bits per heavy atom. The zero-order valence-corrected chi connectivity index (χ0v) is 10.4. The largest absolute Gasteiger partial charge is 0.586 e. The lowest BCUT2D eigenvalue weighted by Gasteiger charge is -2.28. The molecule has 3 N–H and O–H groups in total. The van der Waals surface area contributed by atoms with Crippen molar-refractivity contribution in [2.24, 2.45) is 11.7 Å². The summed E-state index contributed by atoms with van der Waals surface area (Å²) < 4.78 is 35.3. The summed E-state index contributed by atoms with van der Waals surface area (Å²) in [6, 6.07) is 4.56. The van der Waals surface area contributed by atoms with E-state index in [0.29, 0.717) is 5.56 Å². The van der Waals surface area contributed by atoms with Gasteiger partial charge in [0.2, 0.25) is 0 Å². The van der Waals surface area contributed by atoms with Crippen LogP contribution in [-0.4, -0.2) is 19.4 Å². The van der Waals surface area contributed by atoms with E-state index in [9.17, 15) is 8.78 Å². The summed E-state index contributed by atoms with van der Waals surface area (Å²) in [5.41, 5.74) is 6.82. The third-order valence-electron chi connectivity index (χ3n) is 3.71. The summed E-state index contributed by atoms with van der Waals surface area (Å²) in [7, 11) is 0. The second kappa shape index (κ2) is 4.61. The van der Waals surface area contributed by atoms with E-state index in [1.165, 1.54) is 6.07 Å². The second-order valence-corrected chi connectivity index (χ2v) is 4.96. The number of hydrogen-bond acceptors (Lipinski definition) is 4. The molecule has 1 atom stereocenters. The van der Waals surface area contributed by atoms with Crippen molar-refractivity contribution in [2.45, 2.75) is 25.2 Å². The summed E-state index contributed by atoms with van der Waals surface area (Å²) in [6.07, 6.45) is -1.73. The summed E-state index contributed by atoms with van der Waals surface area (Å²) in [5, 5.41) is 3.25. The molecule has 0 bridgehead atoms. The molecule has 4 nitrogen and oxygen atoms in total. The third kappa shape index (κ3) is 2.37. The number of hydrogen-bond donors (Lipinski definition) is 2. The number of alkyl halides is 2. The van der Waals surface area contributed by atoms with E-state index in [1.807, 2.05) is 0 Å². The van der Waals surface area contributed by atoms with E-state index in [4.69, 9.17) is 5.73 Å². The van der Waals surface area contributed by atoms with Gasteiger partial charge in [-0.15, -0.1) is 8.78 Å². The minimum atomic E-state index is -3.59. The van der Waals surface area contributed by atoms with Crippen molar-refractivity contribution < 1.29 is 18.3 Å². The lowest BCUT2D eigenvalue weighted by atomic mass is 9.86. The van der Waals surface area contributed by atoms with E-state index < -0.39 is 6.29 Å².